The van der Waals surface area contributed by atoms with Crippen LogP contribution in [0.4, 0.5) is 18.9 Å². The number of nitrogens with one attached hydrogen (secondary N) is 1. The predicted octanol–water partition coefficient (Wildman–Crippen LogP) is 5.37. The molecule has 0 aliphatic heterocycles. The molecule has 5 aromatic rings. The number of alkyl halides is 2. The Hall–Kier alpha value is -4.47. The Kier molecular flexibility index (Phi) is 6.24. The number of rotatable bonds is 7. The van der Waals surface area contributed by atoms with E-state index in [4.69, 9.17) is 0 Å². The first kappa shape index (κ1) is 23.3. The van der Waals surface area contributed by atoms with Crippen LogP contribution in [0.15, 0.2) is 73.1 Å². The molecule has 0 unspecified atom stereocenters. The van der Waals surface area contributed by atoms with Crippen molar-refractivity contribution in [1.82, 2.24) is 24.5 Å². The Labute approximate surface area is 204 Å². The minimum atomic E-state index is -2.73. The van der Waals surface area contributed by atoms with Crippen molar-refractivity contribution in [3.8, 4) is 11.3 Å². The molecule has 7 nitrogen and oxygen atoms in total. The standard InChI is InChI=1S/C26H21F3N6O/c1-16-24-21(25(28)29)11-22(18-7-3-2-4-8-18)32-26(24)35(33-16)15-23(36)31-20-12-30-34(14-20)13-17-6-5-9-19(27)10-17/h2-12,14,25H,13,15H2,1H3,(H,31,36). The first-order valence-electron chi connectivity index (χ1n) is 11.2. The smallest absolute Gasteiger partial charge is 0.264 e. The van der Waals surface area contributed by atoms with Crippen molar-refractivity contribution < 1.29 is 18.0 Å². The van der Waals surface area contributed by atoms with Gasteiger partial charge in [-0.1, -0.05) is 42.5 Å². The number of carbonyl (C=O) groups excluding carboxylic acids is 1. The van der Waals surface area contributed by atoms with Gasteiger partial charge in [0.1, 0.15) is 12.4 Å². The van der Waals surface area contributed by atoms with Crippen LogP contribution in [0, 0.1) is 12.7 Å². The molecule has 0 atom stereocenters. The highest BCUT2D eigenvalue weighted by molar-refractivity contribution is 5.92. The molecule has 2 aromatic carbocycles. The second kappa shape index (κ2) is 9.65. The minimum absolute atomic E-state index is 0.179. The summed E-state index contributed by atoms with van der Waals surface area (Å²) in [6.07, 6.45) is 0.368. The SMILES string of the molecule is Cc1nn(CC(=O)Nc2cnn(Cc3cccc(F)c3)c2)c2nc(-c3ccccc3)cc(C(F)F)c12. The van der Waals surface area contributed by atoms with Crippen LogP contribution < -0.4 is 5.32 Å². The van der Waals surface area contributed by atoms with Crippen LogP contribution in [0.3, 0.4) is 0 Å². The average Bonchev–Trinajstić information content (AvgIpc) is 3.42. The van der Waals surface area contributed by atoms with Gasteiger partial charge in [-0.05, 0) is 30.7 Å². The molecule has 3 heterocycles. The third-order valence-electron chi connectivity index (χ3n) is 5.66. The Morgan fingerprint density at radius 1 is 1.08 bits per heavy atom. The average molecular weight is 490 g/mol. The fraction of sp³-hybridized carbons (Fsp3) is 0.154. The van der Waals surface area contributed by atoms with E-state index in [1.165, 1.54) is 29.1 Å². The summed E-state index contributed by atoms with van der Waals surface area (Å²) in [7, 11) is 0. The van der Waals surface area contributed by atoms with Crippen LogP contribution in [0.2, 0.25) is 0 Å². The number of halogens is 3. The van der Waals surface area contributed by atoms with Crippen molar-refractivity contribution in [3.05, 3.63) is 95.7 Å². The molecule has 1 N–H and O–H groups in total. The van der Waals surface area contributed by atoms with Gasteiger partial charge in [0.15, 0.2) is 5.65 Å². The summed E-state index contributed by atoms with van der Waals surface area (Å²) >= 11 is 0. The van der Waals surface area contributed by atoms with Crippen molar-refractivity contribution in [3.63, 3.8) is 0 Å². The lowest BCUT2D eigenvalue weighted by Crippen LogP contribution is -2.19. The van der Waals surface area contributed by atoms with E-state index in [0.29, 0.717) is 29.2 Å². The number of hydrogen-bond donors (Lipinski definition) is 1. The van der Waals surface area contributed by atoms with E-state index in [1.54, 1.807) is 54.2 Å². The number of hydrogen-bond acceptors (Lipinski definition) is 4. The van der Waals surface area contributed by atoms with E-state index >= 15 is 0 Å². The number of amides is 1. The first-order chi connectivity index (χ1) is 17.4. The highest BCUT2D eigenvalue weighted by Gasteiger charge is 2.22. The molecule has 10 heteroatoms. The molecule has 0 saturated carbocycles. The molecule has 1 amide bonds. The monoisotopic (exact) mass is 490 g/mol. The first-order valence-corrected chi connectivity index (χ1v) is 11.2. The number of aryl methyl sites for hydroxylation is 1. The van der Waals surface area contributed by atoms with E-state index in [2.05, 4.69) is 20.5 Å². The van der Waals surface area contributed by atoms with Gasteiger partial charge in [-0.25, -0.2) is 22.8 Å². The van der Waals surface area contributed by atoms with Gasteiger partial charge in [0.25, 0.3) is 6.43 Å². The maximum Gasteiger partial charge on any atom is 0.264 e. The highest BCUT2D eigenvalue weighted by Crippen LogP contribution is 2.33. The summed E-state index contributed by atoms with van der Waals surface area (Å²) in [4.78, 5) is 17.4. The zero-order valence-corrected chi connectivity index (χ0v) is 19.2. The number of pyridine rings is 1. The van der Waals surface area contributed by atoms with Gasteiger partial charge in [0.2, 0.25) is 5.91 Å². The van der Waals surface area contributed by atoms with Crippen molar-refractivity contribution >= 4 is 22.6 Å². The summed E-state index contributed by atoms with van der Waals surface area (Å²) in [5.41, 5.74) is 2.62. The van der Waals surface area contributed by atoms with E-state index < -0.39 is 12.3 Å². The van der Waals surface area contributed by atoms with Gasteiger partial charge in [0, 0.05) is 17.3 Å². The van der Waals surface area contributed by atoms with Gasteiger partial charge in [-0.3, -0.25) is 9.48 Å². The number of nitrogens with zero attached hydrogens (tertiary/aromatic N) is 5. The van der Waals surface area contributed by atoms with E-state index in [-0.39, 0.29) is 29.0 Å². The second-order valence-electron chi connectivity index (χ2n) is 8.31. The summed E-state index contributed by atoms with van der Waals surface area (Å²) in [6.45, 7) is 1.72. The normalized spacial score (nSPS) is 11.4. The van der Waals surface area contributed by atoms with Gasteiger partial charge in [-0.15, -0.1) is 0 Å². The second-order valence-corrected chi connectivity index (χ2v) is 8.31. The molecule has 0 bridgehead atoms. The van der Waals surface area contributed by atoms with Crippen LogP contribution in [0.5, 0.6) is 0 Å². The number of anilines is 1. The van der Waals surface area contributed by atoms with E-state index in [1.807, 2.05) is 6.07 Å². The van der Waals surface area contributed by atoms with Gasteiger partial charge >= 0.3 is 0 Å². The molecule has 182 valence electrons. The highest BCUT2D eigenvalue weighted by atomic mass is 19.3. The fourth-order valence-corrected chi connectivity index (χ4v) is 4.10. The Bertz CT molecular complexity index is 1540. The predicted molar refractivity (Wildman–Crippen MR) is 129 cm³/mol. The fourth-order valence-electron chi connectivity index (χ4n) is 4.10. The number of aromatic nitrogens is 5. The Morgan fingerprint density at radius 2 is 1.89 bits per heavy atom. The van der Waals surface area contributed by atoms with Crippen molar-refractivity contribution in [1.29, 1.82) is 0 Å². The van der Waals surface area contributed by atoms with Crippen LogP contribution in [-0.4, -0.2) is 30.5 Å². The van der Waals surface area contributed by atoms with Crippen LogP contribution in [-0.2, 0) is 17.9 Å². The van der Waals surface area contributed by atoms with Crippen molar-refractivity contribution in [2.45, 2.75) is 26.4 Å². The van der Waals surface area contributed by atoms with Gasteiger partial charge in [0.05, 0.1) is 35.2 Å². The molecular formula is C26H21F3N6O. The molecule has 3 aromatic heterocycles. The molecular weight excluding hydrogens is 469 g/mol. The van der Waals surface area contributed by atoms with Crippen molar-refractivity contribution in [2.24, 2.45) is 0 Å². The molecule has 0 aliphatic rings. The van der Waals surface area contributed by atoms with E-state index in [9.17, 15) is 18.0 Å². The lowest BCUT2D eigenvalue weighted by molar-refractivity contribution is -0.116. The van der Waals surface area contributed by atoms with Crippen LogP contribution in [0.25, 0.3) is 22.3 Å². The van der Waals surface area contributed by atoms with Gasteiger partial charge in [-0.2, -0.15) is 10.2 Å². The van der Waals surface area contributed by atoms with Crippen LogP contribution in [0.1, 0.15) is 23.2 Å². The molecule has 0 aliphatic carbocycles. The topological polar surface area (TPSA) is 77.6 Å². The van der Waals surface area contributed by atoms with Crippen molar-refractivity contribution in [2.75, 3.05) is 5.32 Å². The molecule has 0 saturated heterocycles. The third kappa shape index (κ3) is 4.83. The Morgan fingerprint density at radius 3 is 2.64 bits per heavy atom. The summed E-state index contributed by atoms with van der Waals surface area (Å²) in [5, 5.41) is 11.5. The maximum absolute atomic E-state index is 13.9. The number of benzene rings is 2. The quantitative estimate of drug-likeness (QED) is 0.333. The van der Waals surface area contributed by atoms with Gasteiger partial charge < -0.3 is 5.32 Å². The third-order valence-corrected chi connectivity index (χ3v) is 5.66. The summed E-state index contributed by atoms with van der Waals surface area (Å²) < 4.78 is 44.2. The summed E-state index contributed by atoms with van der Waals surface area (Å²) in [6, 6.07) is 16.5. The minimum Gasteiger partial charge on any atom is -0.322 e. The molecule has 0 radical (unpaired) electrons. The molecule has 0 fully saturated rings. The Balaban J connectivity index is 1.39. The lowest BCUT2D eigenvalue weighted by atomic mass is 10.1. The summed E-state index contributed by atoms with van der Waals surface area (Å²) in [5.74, 6) is -0.760. The molecule has 5 rings (SSSR count). The number of fused-ring (bicyclic) bond motifs is 1. The van der Waals surface area contributed by atoms with E-state index in [0.717, 1.165) is 5.56 Å². The maximum atomic E-state index is 13.9. The number of carbonyl (C=O) groups is 1. The van der Waals surface area contributed by atoms with Crippen LogP contribution >= 0.6 is 0 Å². The lowest BCUT2D eigenvalue weighted by Gasteiger charge is -2.09. The zero-order valence-electron chi connectivity index (χ0n) is 19.2. The molecule has 36 heavy (non-hydrogen) atoms. The largest absolute Gasteiger partial charge is 0.322 e. The zero-order chi connectivity index (χ0) is 25.2. The molecule has 0 spiro atoms.